The molecule has 7 rings (SSSR count). The summed E-state index contributed by atoms with van der Waals surface area (Å²) < 4.78 is 0. The number of benzene rings is 1. The first-order valence-electron chi connectivity index (χ1n) is 12.6. The average Bonchev–Trinajstić information content (AvgIpc) is 3.57. The van der Waals surface area contributed by atoms with Crippen LogP contribution in [0.4, 0.5) is 0 Å². The molecule has 0 aromatic heterocycles. The summed E-state index contributed by atoms with van der Waals surface area (Å²) in [6.45, 7) is 6.12. The molecule has 1 aliphatic heterocycles. The largest absolute Gasteiger partial charge is 0.342 e. The van der Waals surface area contributed by atoms with Gasteiger partial charge >= 0.3 is 0 Å². The number of amides is 1. The van der Waals surface area contributed by atoms with Crippen molar-refractivity contribution in [3.63, 3.8) is 0 Å². The predicted molar refractivity (Wildman–Crippen MR) is 124 cm³/mol. The first-order valence-corrected chi connectivity index (χ1v) is 12.6. The summed E-state index contributed by atoms with van der Waals surface area (Å²) in [6, 6.07) is 11.4. The van der Waals surface area contributed by atoms with E-state index in [1.54, 1.807) is 5.57 Å². The number of nitrogens with zero attached hydrogens (tertiary/aromatic N) is 1. The molecule has 2 N–H and O–H groups in total. The maximum Gasteiger partial charge on any atom is 0.228 e. The Hall–Kier alpha value is -1.61. The molecule has 5 aliphatic carbocycles. The zero-order valence-corrected chi connectivity index (χ0v) is 19.3. The minimum Gasteiger partial charge on any atom is -0.342 e. The van der Waals surface area contributed by atoms with Gasteiger partial charge in [0.2, 0.25) is 5.91 Å². The topological polar surface area (TPSA) is 46.3 Å². The summed E-state index contributed by atoms with van der Waals surface area (Å²) in [5.41, 5.74) is 9.64. The van der Waals surface area contributed by atoms with Gasteiger partial charge in [0.15, 0.2) is 0 Å². The summed E-state index contributed by atoms with van der Waals surface area (Å²) in [4.78, 5) is 16.4. The standard InChI is InChI=1S/C28H38N2O/c1-26(2)18-30(11-10-24(26)29)25(31)28-15-20-13-27(17-28,22-6-4-3-5-7-22)14-21(16-28)23(20)12-19-8-9-19/h3-7,12,19-21,24H,8-11,13-18,29H2,1-2H3/t20?,21?,24-,27?,28?/m0/s1. The Morgan fingerprint density at radius 1 is 1.03 bits per heavy atom. The van der Waals surface area contributed by atoms with Crippen LogP contribution in [0.25, 0.3) is 0 Å². The number of likely N-dealkylation sites (tertiary alicyclic amines) is 1. The van der Waals surface area contributed by atoms with Crippen LogP contribution in [0, 0.1) is 28.6 Å². The van der Waals surface area contributed by atoms with Gasteiger partial charge in [-0.1, -0.05) is 55.8 Å². The van der Waals surface area contributed by atoms with Crippen LogP contribution in [0.1, 0.15) is 70.8 Å². The first-order chi connectivity index (χ1) is 14.8. The Labute approximate surface area is 187 Å². The lowest BCUT2D eigenvalue weighted by Gasteiger charge is -2.63. The molecule has 4 bridgehead atoms. The summed E-state index contributed by atoms with van der Waals surface area (Å²) >= 11 is 0. The van der Waals surface area contributed by atoms with Crippen LogP contribution in [-0.2, 0) is 10.2 Å². The highest BCUT2D eigenvalue weighted by Crippen LogP contribution is 2.68. The van der Waals surface area contributed by atoms with Crippen LogP contribution in [-0.4, -0.2) is 29.9 Å². The van der Waals surface area contributed by atoms with Crippen molar-refractivity contribution < 1.29 is 4.79 Å². The number of carbonyl (C=O) groups is 1. The Balaban J connectivity index is 1.36. The number of nitrogens with two attached hydrogens (primary N) is 1. The van der Waals surface area contributed by atoms with E-state index in [-0.39, 0.29) is 22.3 Å². The van der Waals surface area contributed by atoms with Gasteiger partial charge in [0.05, 0.1) is 5.41 Å². The molecule has 3 nitrogen and oxygen atoms in total. The number of allylic oxidation sites excluding steroid dienone is 2. The fourth-order valence-corrected chi connectivity index (χ4v) is 8.01. The molecule has 0 radical (unpaired) electrons. The third-order valence-corrected chi connectivity index (χ3v) is 9.66. The normalized spacial score (nSPS) is 40.8. The number of carbonyl (C=O) groups excluding carboxylic acids is 1. The summed E-state index contributed by atoms with van der Waals surface area (Å²) in [6.07, 6.45) is 12.0. The second-order valence-corrected chi connectivity index (χ2v) is 12.4. The van der Waals surface area contributed by atoms with Crippen molar-refractivity contribution in [1.29, 1.82) is 0 Å². The number of piperidine rings is 1. The minimum atomic E-state index is -0.167. The van der Waals surface area contributed by atoms with Crippen molar-refractivity contribution in [3.05, 3.63) is 47.5 Å². The molecule has 0 spiro atoms. The Morgan fingerprint density at radius 3 is 2.32 bits per heavy atom. The van der Waals surface area contributed by atoms with E-state index in [1.807, 2.05) is 0 Å². The summed E-state index contributed by atoms with van der Waals surface area (Å²) in [5.74, 6) is 2.49. The first kappa shape index (κ1) is 20.0. The molecule has 1 heterocycles. The van der Waals surface area contributed by atoms with E-state index in [1.165, 1.54) is 31.2 Å². The van der Waals surface area contributed by atoms with E-state index < -0.39 is 0 Å². The lowest BCUT2D eigenvalue weighted by atomic mass is 9.41. The predicted octanol–water partition coefficient (Wildman–Crippen LogP) is 5.06. The highest BCUT2D eigenvalue weighted by Gasteiger charge is 2.63. The molecule has 3 atom stereocenters. The van der Waals surface area contributed by atoms with Gasteiger partial charge in [0.1, 0.15) is 0 Å². The second kappa shape index (κ2) is 6.70. The van der Waals surface area contributed by atoms with Gasteiger partial charge in [-0.15, -0.1) is 0 Å². The minimum absolute atomic E-state index is 0.00432. The molecule has 5 saturated carbocycles. The molecule has 6 aliphatic rings. The van der Waals surface area contributed by atoms with Gasteiger partial charge in [-0.2, -0.15) is 0 Å². The molecule has 6 fully saturated rings. The number of hydrogen-bond donors (Lipinski definition) is 1. The molecular weight excluding hydrogens is 380 g/mol. The van der Waals surface area contributed by atoms with Gasteiger partial charge in [0.25, 0.3) is 0 Å². The van der Waals surface area contributed by atoms with Crippen molar-refractivity contribution in [2.75, 3.05) is 13.1 Å². The van der Waals surface area contributed by atoms with Gasteiger partial charge in [-0.05, 0) is 85.5 Å². The number of rotatable bonds is 3. The van der Waals surface area contributed by atoms with Crippen molar-refractivity contribution in [2.45, 2.75) is 76.7 Å². The highest BCUT2D eigenvalue weighted by molar-refractivity contribution is 5.84. The fraction of sp³-hybridized carbons (Fsp3) is 0.679. The maximum absolute atomic E-state index is 14.2. The van der Waals surface area contributed by atoms with E-state index in [9.17, 15) is 4.79 Å². The Morgan fingerprint density at radius 2 is 1.71 bits per heavy atom. The van der Waals surface area contributed by atoms with Crippen molar-refractivity contribution in [2.24, 2.45) is 34.3 Å². The molecule has 31 heavy (non-hydrogen) atoms. The maximum atomic E-state index is 14.2. The Kier molecular flexibility index (Phi) is 4.33. The third kappa shape index (κ3) is 3.14. The zero-order chi connectivity index (χ0) is 21.4. The summed E-state index contributed by atoms with van der Waals surface area (Å²) in [5, 5.41) is 0. The van der Waals surface area contributed by atoms with E-state index in [0.29, 0.717) is 17.7 Å². The van der Waals surface area contributed by atoms with Crippen LogP contribution >= 0.6 is 0 Å². The number of hydrogen-bond acceptors (Lipinski definition) is 2. The molecule has 166 valence electrons. The monoisotopic (exact) mass is 418 g/mol. The highest BCUT2D eigenvalue weighted by atomic mass is 16.2. The van der Waals surface area contributed by atoms with Gasteiger partial charge in [-0.3, -0.25) is 4.79 Å². The van der Waals surface area contributed by atoms with Crippen molar-refractivity contribution >= 4 is 5.91 Å². The van der Waals surface area contributed by atoms with Crippen LogP contribution in [0.3, 0.4) is 0 Å². The molecule has 2 unspecified atom stereocenters. The smallest absolute Gasteiger partial charge is 0.228 e. The van der Waals surface area contributed by atoms with Crippen LogP contribution < -0.4 is 5.73 Å². The van der Waals surface area contributed by atoms with E-state index in [0.717, 1.165) is 44.7 Å². The van der Waals surface area contributed by atoms with Gasteiger partial charge < -0.3 is 10.6 Å². The molecule has 3 heteroatoms. The third-order valence-electron chi connectivity index (χ3n) is 9.66. The lowest BCUT2D eigenvalue weighted by molar-refractivity contribution is -0.159. The molecule has 1 saturated heterocycles. The van der Waals surface area contributed by atoms with Gasteiger partial charge in [-0.25, -0.2) is 0 Å². The van der Waals surface area contributed by atoms with Crippen LogP contribution in [0.5, 0.6) is 0 Å². The van der Waals surface area contributed by atoms with E-state index >= 15 is 0 Å². The average molecular weight is 419 g/mol. The molecule has 1 aromatic carbocycles. The van der Waals surface area contributed by atoms with Crippen LogP contribution in [0.2, 0.25) is 0 Å². The lowest BCUT2D eigenvalue weighted by Crippen LogP contribution is -2.63. The van der Waals surface area contributed by atoms with E-state index in [4.69, 9.17) is 5.73 Å². The molecule has 1 aromatic rings. The van der Waals surface area contributed by atoms with Crippen molar-refractivity contribution in [3.8, 4) is 0 Å². The fourth-order valence-electron chi connectivity index (χ4n) is 8.01. The quantitative estimate of drug-likeness (QED) is 0.698. The zero-order valence-electron chi connectivity index (χ0n) is 19.3. The Bertz CT molecular complexity index is 894. The summed E-state index contributed by atoms with van der Waals surface area (Å²) in [7, 11) is 0. The van der Waals surface area contributed by atoms with Crippen molar-refractivity contribution in [1.82, 2.24) is 4.90 Å². The SMILES string of the molecule is CC1(C)CN(C(=O)C23CC4CC(c5ccccc5)(CC(C2)C4=CC2CC2)C3)CC[C@@H]1N. The van der Waals surface area contributed by atoms with Crippen LogP contribution in [0.15, 0.2) is 42.0 Å². The molecular formula is C28H38N2O. The molecule has 1 amide bonds. The second-order valence-electron chi connectivity index (χ2n) is 12.4. The van der Waals surface area contributed by atoms with E-state index in [2.05, 4.69) is 55.2 Å². The van der Waals surface area contributed by atoms with Gasteiger partial charge in [0, 0.05) is 19.1 Å².